The predicted octanol–water partition coefficient (Wildman–Crippen LogP) is 3.45. The second kappa shape index (κ2) is 10.6. The van der Waals surface area contributed by atoms with Gasteiger partial charge in [0.1, 0.15) is 5.82 Å². The number of benzene rings is 2. The SMILES string of the molecule is Cc1ccc(-c2noc(CCC(=O)Nc3cccc(CN4CCC(C(N)=O)CC4)c3)n2)cc1F. The van der Waals surface area contributed by atoms with Crippen molar-refractivity contribution in [3.63, 3.8) is 0 Å². The van der Waals surface area contributed by atoms with Gasteiger partial charge in [0.05, 0.1) is 0 Å². The van der Waals surface area contributed by atoms with Crippen LogP contribution in [-0.2, 0) is 22.6 Å². The number of hydrogen-bond acceptors (Lipinski definition) is 6. The molecular weight excluding hydrogens is 437 g/mol. The van der Waals surface area contributed by atoms with Gasteiger partial charge in [-0.1, -0.05) is 29.4 Å². The van der Waals surface area contributed by atoms with E-state index >= 15 is 0 Å². The lowest BCUT2D eigenvalue weighted by molar-refractivity contribution is -0.123. The minimum absolute atomic E-state index is 0.0325. The minimum atomic E-state index is -0.333. The van der Waals surface area contributed by atoms with Crippen LogP contribution in [0.4, 0.5) is 10.1 Å². The molecule has 9 heteroatoms. The minimum Gasteiger partial charge on any atom is -0.369 e. The third-order valence-electron chi connectivity index (χ3n) is 6.07. The molecule has 1 aliphatic heterocycles. The number of aryl methyl sites for hydroxylation is 2. The first-order valence-corrected chi connectivity index (χ1v) is 11.4. The van der Waals surface area contributed by atoms with Crippen molar-refractivity contribution in [2.45, 2.75) is 39.2 Å². The van der Waals surface area contributed by atoms with Gasteiger partial charge in [-0.2, -0.15) is 4.98 Å². The van der Waals surface area contributed by atoms with E-state index in [0.29, 0.717) is 22.8 Å². The van der Waals surface area contributed by atoms with E-state index in [1.165, 1.54) is 6.07 Å². The van der Waals surface area contributed by atoms with Gasteiger partial charge in [0.2, 0.25) is 23.5 Å². The molecule has 0 bridgehead atoms. The van der Waals surface area contributed by atoms with Crippen molar-refractivity contribution in [2.75, 3.05) is 18.4 Å². The highest BCUT2D eigenvalue weighted by Crippen LogP contribution is 2.21. The maximum Gasteiger partial charge on any atom is 0.227 e. The number of primary amides is 1. The molecule has 3 N–H and O–H groups in total. The van der Waals surface area contributed by atoms with Gasteiger partial charge in [0, 0.05) is 36.6 Å². The normalized spacial score (nSPS) is 14.8. The number of halogens is 1. The third-order valence-corrected chi connectivity index (χ3v) is 6.07. The average Bonchev–Trinajstić information content (AvgIpc) is 3.29. The largest absolute Gasteiger partial charge is 0.369 e. The zero-order chi connectivity index (χ0) is 24.1. The van der Waals surface area contributed by atoms with E-state index in [-0.39, 0.29) is 36.4 Å². The van der Waals surface area contributed by atoms with E-state index in [1.807, 2.05) is 24.3 Å². The van der Waals surface area contributed by atoms with E-state index in [1.54, 1.807) is 19.1 Å². The molecule has 34 heavy (non-hydrogen) atoms. The Morgan fingerprint density at radius 3 is 2.74 bits per heavy atom. The number of carbonyl (C=O) groups is 2. The molecule has 1 fully saturated rings. The molecule has 2 heterocycles. The van der Waals surface area contributed by atoms with Crippen LogP contribution in [0.15, 0.2) is 47.0 Å². The molecule has 3 aromatic rings. The maximum atomic E-state index is 13.8. The summed E-state index contributed by atoms with van der Waals surface area (Å²) >= 11 is 0. The number of rotatable bonds is 8. The number of anilines is 1. The highest BCUT2D eigenvalue weighted by molar-refractivity contribution is 5.90. The Morgan fingerprint density at radius 1 is 1.21 bits per heavy atom. The summed E-state index contributed by atoms with van der Waals surface area (Å²) in [6.07, 6.45) is 2.01. The number of nitrogens with zero attached hydrogens (tertiary/aromatic N) is 3. The number of nitrogens with one attached hydrogen (secondary N) is 1. The summed E-state index contributed by atoms with van der Waals surface area (Å²) in [4.78, 5) is 30.3. The first kappa shape index (κ1) is 23.6. The highest BCUT2D eigenvalue weighted by Gasteiger charge is 2.23. The van der Waals surface area contributed by atoms with Crippen LogP contribution in [0, 0.1) is 18.7 Å². The van der Waals surface area contributed by atoms with Gasteiger partial charge in [0.15, 0.2) is 0 Å². The van der Waals surface area contributed by atoms with E-state index < -0.39 is 0 Å². The number of carbonyl (C=O) groups excluding carboxylic acids is 2. The summed E-state index contributed by atoms with van der Waals surface area (Å²) in [6, 6.07) is 12.5. The van der Waals surface area contributed by atoms with Gasteiger partial charge >= 0.3 is 0 Å². The number of nitrogens with two attached hydrogens (primary N) is 1. The van der Waals surface area contributed by atoms with Crippen molar-refractivity contribution in [1.29, 1.82) is 0 Å². The Labute approximate surface area is 197 Å². The average molecular weight is 466 g/mol. The number of hydrogen-bond donors (Lipinski definition) is 2. The zero-order valence-electron chi connectivity index (χ0n) is 19.1. The number of amides is 2. The van der Waals surface area contributed by atoms with Crippen molar-refractivity contribution in [3.8, 4) is 11.4 Å². The van der Waals surface area contributed by atoms with Gasteiger partial charge in [-0.25, -0.2) is 4.39 Å². The summed E-state index contributed by atoms with van der Waals surface area (Å²) in [5.74, 6) is -0.137. The maximum absolute atomic E-state index is 13.8. The van der Waals surface area contributed by atoms with Gasteiger partial charge < -0.3 is 15.6 Å². The lowest BCUT2D eigenvalue weighted by Crippen LogP contribution is -2.38. The smallest absolute Gasteiger partial charge is 0.227 e. The van der Waals surface area contributed by atoms with Gasteiger partial charge in [-0.15, -0.1) is 0 Å². The molecule has 0 spiro atoms. The molecular formula is C25H28FN5O3. The first-order chi connectivity index (χ1) is 16.4. The van der Waals surface area contributed by atoms with Crippen LogP contribution in [0.1, 0.15) is 36.3 Å². The standard InChI is InChI=1S/C25H28FN5O3/c1-16-5-6-19(14-21(16)26)25-29-23(34-30-25)8-7-22(32)28-20-4-2-3-17(13-20)15-31-11-9-18(10-12-31)24(27)33/h2-6,13-14,18H,7-12,15H2,1H3,(H2,27,33)(H,28,32). The number of piperidine rings is 1. The fourth-order valence-corrected chi connectivity index (χ4v) is 4.03. The second-order valence-corrected chi connectivity index (χ2v) is 8.68. The predicted molar refractivity (Wildman–Crippen MR) is 125 cm³/mol. The van der Waals surface area contributed by atoms with Crippen LogP contribution in [0.25, 0.3) is 11.4 Å². The fraction of sp³-hybridized carbons (Fsp3) is 0.360. The fourth-order valence-electron chi connectivity index (χ4n) is 4.03. The van der Waals surface area contributed by atoms with Crippen LogP contribution in [-0.4, -0.2) is 39.9 Å². The topological polar surface area (TPSA) is 114 Å². The lowest BCUT2D eigenvalue weighted by atomic mass is 9.96. The molecule has 1 aromatic heterocycles. The molecule has 4 rings (SSSR count). The summed E-state index contributed by atoms with van der Waals surface area (Å²) in [5, 5.41) is 6.79. The molecule has 2 aromatic carbocycles. The first-order valence-electron chi connectivity index (χ1n) is 11.4. The quantitative estimate of drug-likeness (QED) is 0.527. The Hall–Kier alpha value is -3.59. The molecule has 0 aliphatic carbocycles. The van der Waals surface area contributed by atoms with Crippen LogP contribution >= 0.6 is 0 Å². The Balaban J connectivity index is 1.27. The van der Waals surface area contributed by atoms with Gasteiger partial charge in [-0.05, 0) is 62.2 Å². The van der Waals surface area contributed by atoms with Crippen LogP contribution in [0.3, 0.4) is 0 Å². The molecule has 0 atom stereocenters. The van der Waals surface area contributed by atoms with Crippen LogP contribution < -0.4 is 11.1 Å². The van der Waals surface area contributed by atoms with E-state index in [2.05, 4.69) is 20.4 Å². The molecule has 1 aliphatic rings. The van der Waals surface area contributed by atoms with Crippen molar-refractivity contribution < 1.29 is 18.5 Å². The number of aromatic nitrogens is 2. The van der Waals surface area contributed by atoms with E-state index in [4.69, 9.17) is 10.3 Å². The molecule has 0 saturated carbocycles. The summed E-state index contributed by atoms with van der Waals surface area (Å²) in [6.45, 7) is 4.08. The van der Waals surface area contributed by atoms with Crippen LogP contribution in [0.5, 0.6) is 0 Å². The van der Waals surface area contributed by atoms with Crippen LogP contribution in [0.2, 0.25) is 0 Å². The summed E-state index contributed by atoms with van der Waals surface area (Å²) in [7, 11) is 0. The molecule has 178 valence electrons. The second-order valence-electron chi connectivity index (χ2n) is 8.68. The Morgan fingerprint density at radius 2 is 2.00 bits per heavy atom. The number of likely N-dealkylation sites (tertiary alicyclic amines) is 1. The molecule has 2 amide bonds. The summed E-state index contributed by atoms with van der Waals surface area (Å²) in [5.41, 5.74) is 8.28. The zero-order valence-corrected chi connectivity index (χ0v) is 19.1. The van der Waals surface area contributed by atoms with Crippen molar-refractivity contribution in [3.05, 3.63) is 65.3 Å². The third kappa shape index (κ3) is 6.05. The Kier molecular flexibility index (Phi) is 7.32. The highest BCUT2D eigenvalue weighted by atomic mass is 19.1. The van der Waals surface area contributed by atoms with E-state index in [9.17, 15) is 14.0 Å². The molecule has 1 saturated heterocycles. The molecule has 0 unspecified atom stereocenters. The summed E-state index contributed by atoms with van der Waals surface area (Å²) < 4.78 is 19.0. The monoisotopic (exact) mass is 465 g/mol. The molecule has 8 nitrogen and oxygen atoms in total. The van der Waals surface area contributed by atoms with Crippen molar-refractivity contribution >= 4 is 17.5 Å². The van der Waals surface area contributed by atoms with Crippen molar-refractivity contribution in [1.82, 2.24) is 15.0 Å². The van der Waals surface area contributed by atoms with Gasteiger partial charge in [-0.3, -0.25) is 14.5 Å². The van der Waals surface area contributed by atoms with Crippen molar-refractivity contribution in [2.24, 2.45) is 11.7 Å². The Bertz CT molecular complexity index is 1170. The van der Waals surface area contributed by atoms with E-state index in [0.717, 1.165) is 43.7 Å². The van der Waals surface area contributed by atoms with Gasteiger partial charge in [0.25, 0.3) is 0 Å². The lowest BCUT2D eigenvalue weighted by Gasteiger charge is -2.30. The molecule has 0 radical (unpaired) electrons.